The Balaban J connectivity index is 1.73. The number of ether oxygens (including phenoxy) is 2. The summed E-state index contributed by atoms with van der Waals surface area (Å²) in [6.45, 7) is 2.61. The second kappa shape index (κ2) is 7.48. The zero-order valence-electron chi connectivity index (χ0n) is 15.9. The van der Waals surface area contributed by atoms with E-state index in [1.807, 2.05) is 0 Å². The molecular weight excluding hydrogens is 420 g/mol. The Hall–Kier alpha value is -1.35. The molecule has 0 aliphatic carbocycles. The van der Waals surface area contributed by atoms with Crippen LogP contribution in [0.3, 0.4) is 0 Å². The van der Waals surface area contributed by atoms with Gasteiger partial charge in [-0.15, -0.1) is 11.3 Å². The summed E-state index contributed by atoms with van der Waals surface area (Å²) < 4.78 is 37.7. The molecule has 3 heterocycles. The van der Waals surface area contributed by atoms with Crippen LogP contribution < -0.4 is 9.54 Å². The van der Waals surface area contributed by atoms with Crippen molar-refractivity contribution in [3.05, 3.63) is 39.1 Å². The highest BCUT2D eigenvalue weighted by molar-refractivity contribution is 7.91. The predicted molar refractivity (Wildman–Crippen MR) is 110 cm³/mol. The Bertz CT molecular complexity index is 1060. The Kier molecular flexibility index (Phi) is 5.33. The van der Waals surface area contributed by atoms with Crippen LogP contribution in [0.25, 0.3) is 0 Å². The summed E-state index contributed by atoms with van der Waals surface area (Å²) in [7, 11) is -1.41. The number of hydrogen-bond acceptors (Lipinski definition) is 6. The van der Waals surface area contributed by atoms with Gasteiger partial charge in [0.25, 0.3) is 0 Å². The number of thiazole rings is 1. The van der Waals surface area contributed by atoms with Crippen LogP contribution in [-0.2, 0) is 14.6 Å². The molecule has 2 aromatic rings. The van der Waals surface area contributed by atoms with Gasteiger partial charge in [0.2, 0.25) is 0 Å². The number of rotatable bonds is 3. The van der Waals surface area contributed by atoms with Crippen molar-refractivity contribution in [1.82, 2.24) is 4.57 Å². The van der Waals surface area contributed by atoms with Crippen LogP contribution in [0.15, 0.2) is 28.6 Å². The fraction of sp³-hybridized carbons (Fsp3) is 0.526. The molecule has 2 saturated heterocycles. The van der Waals surface area contributed by atoms with Gasteiger partial charge in [-0.2, -0.15) is 0 Å². The molecule has 1 aromatic carbocycles. The second-order valence-corrected chi connectivity index (χ2v) is 10.9. The average Bonchev–Trinajstić information content (AvgIpc) is 3.14. The lowest BCUT2D eigenvalue weighted by Gasteiger charge is -2.38. The molecule has 152 valence electrons. The van der Waals surface area contributed by atoms with Crippen LogP contribution in [0, 0.1) is 6.92 Å². The lowest BCUT2D eigenvalue weighted by molar-refractivity contribution is -0.0770. The van der Waals surface area contributed by atoms with E-state index in [2.05, 4.69) is 16.9 Å². The molecule has 0 N–H and O–H groups in total. The number of sulfone groups is 1. The Labute approximate surface area is 173 Å². The van der Waals surface area contributed by atoms with Gasteiger partial charge in [0.15, 0.2) is 14.6 Å². The maximum Gasteiger partial charge on any atom is 0.190 e. The topological polar surface area (TPSA) is 69.9 Å². The van der Waals surface area contributed by atoms with Gasteiger partial charge >= 0.3 is 0 Å². The second-order valence-electron chi connectivity index (χ2n) is 7.48. The minimum absolute atomic E-state index is 0.120. The monoisotopic (exact) mass is 442 g/mol. The molecule has 1 spiro atoms. The first-order valence-electron chi connectivity index (χ1n) is 9.20. The molecule has 1 aromatic heterocycles. The summed E-state index contributed by atoms with van der Waals surface area (Å²) in [6, 6.07) is 5.51. The average molecular weight is 443 g/mol. The molecule has 6 nitrogen and oxygen atoms in total. The zero-order valence-corrected chi connectivity index (χ0v) is 18.2. The molecule has 0 bridgehead atoms. The first-order chi connectivity index (χ1) is 13.3. The Morgan fingerprint density at radius 2 is 2.25 bits per heavy atom. The molecule has 9 heteroatoms. The van der Waals surface area contributed by atoms with Crippen molar-refractivity contribution >= 4 is 38.5 Å². The third-order valence-electron chi connectivity index (χ3n) is 5.46. The van der Waals surface area contributed by atoms with Gasteiger partial charge in [0.1, 0.15) is 11.4 Å². The Morgan fingerprint density at radius 1 is 1.43 bits per heavy atom. The van der Waals surface area contributed by atoms with Crippen molar-refractivity contribution in [2.75, 3.05) is 25.2 Å². The molecule has 2 atom stereocenters. The predicted octanol–water partition coefficient (Wildman–Crippen LogP) is 3.66. The number of benzene rings is 1. The van der Waals surface area contributed by atoms with E-state index in [0.717, 1.165) is 16.9 Å². The van der Waals surface area contributed by atoms with E-state index in [0.29, 0.717) is 35.9 Å². The van der Waals surface area contributed by atoms with Gasteiger partial charge in [-0.05, 0) is 44.4 Å². The molecule has 4 rings (SSSR count). The van der Waals surface area contributed by atoms with Gasteiger partial charge in [-0.1, -0.05) is 11.6 Å². The van der Waals surface area contributed by atoms with E-state index in [1.165, 1.54) is 0 Å². The highest BCUT2D eigenvalue weighted by Gasteiger charge is 2.47. The largest absolute Gasteiger partial charge is 0.494 e. The van der Waals surface area contributed by atoms with E-state index >= 15 is 0 Å². The van der Waals surface area contributed by atoms with E-state index < -0.39 is 15.4 Å². The highest BCUT2D eigenvalue weighted by Crippen LogP contribution is 2.40. The molecule has 2 fully saturated rings. The summed E-state index contributed by atoms with van der Waals surface area (Å²) >= 11 is 7.71. The van der Waals surface area contributed by atoms with Gasteiger partial charge < -0.3 is 14.0 Å². The smallest absolute Gasteiger partial charge is 0.190 e. The van der Waals surface area contributed by atoms with E-state index in [-0.39, 0.29) is 17.5 Å². The van der Waals surface area contributed by atoms with Crippen LogP contribution in [0.1, 0.15) is 31.0 Å². The van der Waals surface area contributed by atoms with Gasteiger partial charge in [0.05, 0.1) is 24.2 Å². The third-order valence-corrected chi connectivity index (χ3v) is 8.45. The fourth-order valence-corrected chi connectivity index (χ4v) is 7.25. The minimum Gasteiger partial charge on any atom is -0.494 e. The maximum absolute atomic E-state index is 12.0. The number of aromatic nitrogens is 1. The third kappa shape index (κ3) is 3.87. The molecule has 2 aliphatic rings. The molecule has 28 heavy (non-hydrogen) atoms. The van der Waals surface area contributed by atoms with E-state index in [1.54, 1.807) is 36.6 Å². The molecule has 2 unspecified atom stereocenters. The van der Waals surface area contributed by atoms with Crippen molar-refractivity contribution < 1.29 is 17.9 Å². The summed E-state index contributed by atoms with van der Waals surface area (Å²) in [5.74, 6) is 0.992. The van der Waals surface area contributed by atoms with Crippen LogP contribution in [0.4, 0.5) is 5.69 Å². The lowest BCUT2D eigenvalue weighted by atomic mass is 9.89. The van der Waals surface area contributed by atoms with Crippen molar-refractivity contribution in [2.45, 2.75) is 37.8 Å². The lowest BCUT2D eigenvalue weighted by Crippen LogP contribution is -2.43. The quantitative estimate of drug-likeness (QED) is 0.727. The van der Waals surface area contributed by atoms with Gasteiger partial charge in [0, 0.05) is 28.7 Å². The summed E-state index contributed by atoms with van der Waals surface area (Å²) in [4.78, 5) is 5.67. The fourth-order valence-electron chi connectivity index (χ4n) is 4.16. The van der Waals surface area contributed by atoms with Crippen LogP contribution in [-0.4, -0.2) is 43.8 Å². The van der Waals surface area contributed by atoms with Crippen molar-refractivity contribution in [3.63, 3.8) is 0 Å². The summed E-state index contributed by atoms with van der Waals surface area (Å²) in [5, 5.41) is 2.67. The zero-order chi connectivity index (χ0) is 19.9. The van der Waals surface area contributed by atoms with Crippen LogP contribution in [0.2, 0.25) is 5.02 Å². The highest BCUT2D eigenvalue weighted by atomic mass is 35.5. The Morgan fingerprint density at radius 3 is 2.96 bits per heavy atom. The number of methoxy groups -OCH3 is 1. The van der Waals surface area contributed by atoms with Crippen LogP contribution in [0.5, 0.6) is 5.75 Å². The van der Waals surface area contributed by atoms with Gasteiger partial charge in [-0.25, -0.2) is 13.4 Å². The van der Waals surface area contributed by atoms with Crippen LogP contribution >= 0.6 is 22.9 Å². The molecule has 0 amide bonds. The summed E-state index contributed by atoms with van der Waals surface area (Å²) in [5.41, 5.74) is 1.22. The molecule has 2 aliphatic heterocycles. The van der Waals surface area contributed by atoms with Crippen molar-refractivity contribution in [1.29, 1.82) is 0 Å². The minimum atomic E-state index is -3.02. The van der Waals surface area contributed by atoms with Crippen molar-refractivity contribution in [3.8, 4) is 5.75 Å². The van der Waals surface area contributed by atoms with Gasteiger partial charge in [-0.3, -0.25) is 0 Å². The number of aryl methyl sites for hydroxylation is 1. The molecule has 0 radical (unpaired) electrons. The molecular formula is C19H23ClN2O4S2. The SMILES string of the molecule is COc1ccc(Cl)cc1N=c1scc(C)n1C1CCOC2(CCS(=O)(=O)C2)C1. The standard InChI is InChI=1S/C19H23ClN2O4S2/c1-13-11-27-18(21-16-9-14(20)3-4-17(16)25-2)22(13)15-5-7-26-19(10-15)6-8-28(23,24)12-19/h3-4,9,11,15H,5-8,10,12H2,1-2H3. The first kappa shape index (κ1) is 19.9. The molecule has 0 saturated carbocycles. The number of hydrogen-bond donors (Lipinski definition) is 0. The number of nitrogens with zero attached hydrogens (tertiary/aromatic N) is 2. The van der Waals surface area contributed by atoms with E-state index in [4.69, 9.17) is 26.1 Å². The van der Waals surface area contributed by atoms with Crippen molar-refractivity contribution in [2.24, 2.45) is 4.99 Å². The summed E-state index contributed by atoms with van der Waals surface area (Å²) in [6.07, 6.45) is 2.09. The maximum atomic E-state index is 12.0. The normalized spacial score (nSPS) is 27.4. The van der Waals surface area contributed by atoms with E-state index in [9.17, 15) is 8.42 Å². The number of halogens is 1. The first-order valence-corrected chi connectivity index (χ1v) is 12.3.